The zero-order valence-electron chi connectivity index (χ0n) is 22.6. The van der Waals surface area contributed by atoms with Gasteiger partial charge >= 0.3 is 12.4 Å². The van der Waals surface area contributed by atoms with E-state index in [1.807, 2.05) is 43.3 Å². The van der Waals surface area contributed by atoms with Gasteiger partial charge in [-0.2, -0.15) is 4.99 Å². The van der Waals surface area contributed by atoms with Gasteiger partial charge in [-0.15, -0.1) is 30.9 Å². The van der Waals surface area contributed by atoms with Crippen molar-refractivity contribution >= 4 is 29.5 Å². The van der Waals surface area contributed by atoms with Crippen LogP contribution in [0.15, 0.2) is 78.0 Å². The van der Waals surface area contributed by atoms with Gasteiger partial charge in [0, 0.05) is 17.8 Å². The Kier molecular flexibility index (Phi) is 9.33. The Hall–Kier alpha value is -4.32. The highest BCUT2D eigenvalue weighted by molar-refractivity contribution is 7.97. The lowest BCUT2D eigenvalue weighted by Gasteiger charge is -2.15. The number of anilines is 1. The van der Waals surface area contributed by atoms with Crippen molar-refractivity contribution in [2.75, 3.05) is 11.9 Å². The predicted molar refractivity (Wildman–Crippen MR) is 156 cm³/mol. The fraction of sp³-hybridized carbons (Fsp3) is 0.241. The molecular formula is C29H29F3N6O2S. The molecule has 0 bridgehead atoms. The molecule has 0 saturated heterocycles. The van der Waals surface area contributed by atoms with Crippen molar-refractivity contribution in [3.8, 4) is 22.8 Å². The molecule has 1 heterocycles. The normalized spacial score (nSPS) is 12.0. The maximum Gasteiger partial charge on any atom is 0.573 e. The number of nitrogens with zero attached hydrogens (tertiary/aromatic N) is 4. The number of benzene rings is 3. The third-order valence-electron chi connectivity index (χ3n) is 6.01. The summed E-state index contributed by atoms with van der Waals surface area (Å²) in [6.07, 6.45) is -2.69. The van der Waals surface area contributed by atoms with E-state index in [1.54, 1.807) is 0 Å². The van der Waals surface area contributed by atoms with Crippen LogP contribution in [0.1, 0.15) is 36.5 Å². The number of aromatic nitrogens is 3. The van der Waals surface area contributed by atoms with Gasteiger partial charge in [-0.25, -0.2) is 14.5 Å². The van der Waals surface area contributed by atoms with Gasteiger partial charge in [-0.1, -0.05) is 50.2 Å². The topological polar surface area (TPSA) is 93.4 Å². The summed E-state index contributed by atoms with van der Waals surface area (Å²) in [5.41, 5.74) is 5.35. The van der Waals surface area contributed by atoms with E-state index in [9.17, 15) is 18.0 Å². The number of thiol groups is 1. The first-order valence-corrected chi connectivity index (χ1v) is 13.2. The highest BCUT2D eigenvalue weighted by atomic mass is 32.1. The molecule has 2 amide bonds. The molecular weight excluding hydrogens is 553 g/mol. The molecule has 3 aromatic carbocycles. The Morgan fingerprint density at radius 2 is 1.78 bits per heavy atom. The Morgan fingerprint density at radius 1 is 1.07 bits per heavy atom. The molecule has 0 atom stereocenters. The van der Waals surface area contributed by atoms with Crippen molar-refractivity contribution in [3.05, 3.63) is 89.7 Å². The van der Waals surface area contributed by atoms with E-state index in [0.29, 0.717) is 30.4 Å². The van der Waals surface area contributed by atoms with Crippen molar-refractivity contribution in [3.63, 3.8) is 0 Å². The maximum absolute atomic E-state index is 12.4. The minimum Gasteiger partial charge on any atom is -0.406 e. The summed E-state index contributed by atoms with van der Waals surface area (Å²) < 4.78 is 42.4. The lowest BCUT2D eigenvalue weighted by Crippen LogP contribution is -2.24. The summed E-state index contributed by atoms with van der Waals surface area (Å²) >= 11 is 4.33. The van der Waals surface area contributed by atoms with Crippen molar-refractivity contribution < 1.29 is 22.7 Å². The summed E-state index contributed by atoms with van der Waals surface area (Å²) in [5, 5.41) is 10.5. The van der Waals surface area contributed by atoms with E-state index in [-0.39, 0.29) is 10.9 Å². The maximum atomic E-state index is 12.4. The standard InChI is InChI=1S/C29H29F3N6O2S/c1-18(2)24-13-4-19(3)16-25(24)35-28(41)36-27(39)33-15-14-20-5-7-21(8-6-20)26-34-17-38(37-26)22-9-11-23(12-10-22)40-29(30,31)32/h4-13,16-18H,14-15H2,1-3H3,(H3,33,35,36,39,41). The number of amidine groups is 1. The van der Waals surface area contributed by atoms with Crippen molar-refractivity contribution in [1.82, 2.24) is 20.1 Å². The zero-order valence-corrected chi connectivity index (χ0v) is 23.5. The molecule has 0 aliphatic carbocycles. The molecule has 12 heteroatoms. The number of hydrogen-bond donors (Lipinski definition) is 3. The summed E-state index contributed by atoms with van der Waals surface area (Å²) in [7, 11) is 0. The van der Waals surface area contributed by atoms with Crippen LogP contribution in [0.25, 0.3) is 17.1 Å². The molecule has 1 aromatic heterocycles. The van der Waals surface area contributed by atoms with Gasteiger partial charge < -0.3 is 15.4 Å². The Balaban J connectivity index is 1.29. The predicted octanol–water partition coefficient (Wildman–Crippen LogP) is 6.91. The van der Waals surface area contributed by atoms with E-state index < -0.39 is 12.4 Å². The SMILES string of the molecule is Cc1ccc(C(C)C)c(N/C(S)=N/C(=O)NCCc2ccc(-c3ncn(-c4ccc(OC(F)(F)F)cc4)n3)cc2)c1. The molecule has 4 aromatic rings. The Morgan fingerprint density at radius 3 is 2.44 bits per heavy atom. The molecule has 0 aliphatic heterocycles. The van der Waals surface area contributed by atoms with Gasteiger partial charge in [0.25, 0.3) is 0 Å². The van der Waals surface area contributed by atoms with Gasteiger partial charge in [0.15, 0.2) is 11.0 Å². The average molecular weight is 583 g/mol. The van der Waals surface area contributed by atoms with E-state index in [0.717, 1.165) is 27.9 Å². The fourth-order valence-corrected chi connectivity index (χ4v) is 4.23. The molecule has 4 rings (SSSR count). The van der Waals surface area contributed by atoms with Crippen LogP contribution in [0.5, 0.6) is 5.75 Å². The molecule has 0 unspecified atom stereocenters. The van der Waals surface area contributed by atoms with Gasteiger partial charge in [-0.05, 0) is 66.3 Å². The first-order chi connectivity index (χ1) is 19.5. The summed E-state index contributed by atoms with van der Waals surface area (Å²) in [5.74, 6) is 0.441. The first kappa shape index (κ1) is 29.7. The third kappa shape index (κ3) is 8.58. The number of hydrogen-bond acceptors (Lipinski definition) is 4. The molecule has 0 fully saturated rings. The number of rotatable bonds is 8. The summed E-state index contributed by atoms with van der Waals surface area (Å²) in [6.45, 7) is 6.56. The highest BCUT2D eigenvalue weighted by Gasteiger charge is 2.31. The van der Waals surface area contributed by atoms with Crippen LogP contribution in [0, 0.1) is 6.92 Å². The van der Waals surface area contributed by atoms with Crippen LogP contribution in [-0.2, 0) is 6.42 Å². The first-order valence-electron chi connectivity index (χ1n) is 12.8. The number of carbonyl (C=O) groups excluding carboxylic acids is 1. The van der Waals surface area contributed by atoms with Gasteiger partial charge in [0.1, 0.15) is 12.1 Å². The number of carbonyl (C=O) groups is 1. The number of halogens is 3. The summed E-state index contributed by atoms with van der Waals surface area (Å²) in [6, 6.07) is 18.5. The van der Waals surface area contributed by atoms with E-state index >= 15 is 0 Å². The van der Waals surface area contributed by atoms with Crippen molar-refractivity contribution in [1.29, 1.82) is 0 Å². The lowest BCUT2D eigenvalue weighted by atomic mass is 9.99. The number of nitrogens with one attached hydrogen (secondary N) is 2. The quantitative estimate of drug-likeness (QED) is 0.119. The van der Waals surface area contributed by atoms with Crippen LogP contribution in [0.3, 0.4) is 0 Å². The Labute approximate surface area is 241 Å². The fourth-order valence-electron chi connectivity index (χ4n) is 4.02. The largest absolute Gasteiger partial charge is 0.573 e. The lowest BCUT2D eigenvalue weighted by molar-refractivity contribution is -0.274. The molecule has 0 spiro atoms. The van der Waals surface area contributed by atoms with Crippen LogP contribution in [0.4, 0.5) is 23.7 Å². The van der Waals surface area contributed by atoms with Gasteiger partial charge in [0.05, 0.1) is 5.69 Å². The zero-order chi connectivity index (χ0) is 29.6. The molecule has 41 heavy (non-hydrogen) atoms. The van der Waals surface area contributed by atoms with E-state index in [4.69, 9.17) is 0 Å². The molecule has 0 aliphatic rings. The Bertz CT molecular complexity index is 1520. The number of aliphatic imine (C=N–C) groups is 1. The molecule has 0 radical (unpaired) electrons. The second-order valence-corrected chi connectivity index (χ2v) is 9.96. The van der Waals surface area contributed by atoms with Crippen LogP contribution in [0.2, 0.25) is 0 Å². The van der Waals surface area contributed by atoms with E-state index in [2.05, 4.69) is 63.0 Å². The van der Waals surface area contributed by atoms with Crippen LogP contribution in [-0.4, -0.2) is 38.9 Å². The monoisotopic (exact) mass is 582 g/mol. The van der Waals surface area contributed by atoms with Crippen LogP contribution >= 0.6 is 12.6 Å². The number of urea groups is 1. The molecule has 0 saturated carbocycles. The smallest absolute Gasteiger partial charge is 0.406 e. The number of ether oxygens (including phenoxy) is 1. The second kappa shape index (κ2) is 12.9. The average Bonchev–Trinajstić information content (AvgIpc) is 3.39. The minimum absolute atomic E-state index is 0.205. The molecule has 2 N–H and O–H groups in total. The number of amides is 2. The highest BCUT2D eigenvalue weighted by Crippen LogP contribution is 2.26. The van der Waals surface area contributed by atoms with E-state index in [1.165, 1.54) is 35.3 Å². The number of aryl methyl sites for hydroxylation is 1. The van der Waals surface area contributed by atoms with Gasteiger partial charge in [-0.3, -0.25) is 0 Å². The summed E-state index contributed by atoms with van der Waals surface area (Å²) in [4.78, 5) is 20.6. The minimum atomic E-state index is -4.75. The van der Waals surface area contributed by atoms with Crippen molar-refractivity contribution in [2.24, 2.45) is 4.99 Å². The molecule has 214 valence electrons. The third-order valence-corrected chi connectivity index (χ3v) is 6.23. The molecule has 8 nitrogen and oxygen atoms in total. The second-order valence-electron chi connectivity index (χ2n) is 9.54. The van der Waals surface area contributed by atoms with Crippen LogP contribution < -0.4 is 15.4 Å². The van der Waals surface area contributed by atoms with Gasteiger partial charge in [0.2, 0.25) is 0 Å². The number of alkyl halides is 3. The van der Waals surface area contributed by atoms with Crippen molar-refractivity contribution in [2.45, 2.75) is 39.5 Å².